The molecule has 3 heterocycles. The van der Waals surface area contributed by atoms with E-state index in [0.717, 1.165) is 35.8 Å². The molecule has 22 heteroatoms. The molecule has 1 atom stereocenters. The largest absolute Gasteiger partial charge is 0.503 e. The number of H-pyrrole nitrogens is 1. The van der Waals surface area contributed by atoms with Gasteiger partial charge in [0.05, 0.1) is 6.54 Å². The van der Waals surface area contributed by atoms with Crippen molar-refractivity contribution in [2.45, 2.75) is 25.5 Å². The Hall–Kier alpha value is -5.35. The molecule has 1 fully saturated rings. The number of amides is 5. The smallest absolute Gasteiger partial charge is 0.350 e. The first-order chi connectivity index (χ1) is 20.0. The first-order valence-corrected chi connectivity index (χ1v) is 13.9. The zero-order chi connectivity index (χ0) is 32.1. The predicted octanol–water partition coefficient (Wildman–Crippen LogP) is -2.68. The molecule has 20 nitrogen and oxygen atoms in total. The third-order valence-electron chi connectivity index (χ3n) is 5.20. The van der Waals surface area contributed by atoms with Crippen LogP contribution in [0.5, 0.6) is 5.75 Å². The zero-order valence-electron chi connectivity index (χ0n) is 22.0. The number of β-lactam (4-membered cyclic amide) rings is 1. The number of nitrogens with zero attached hydrogens (tertiary/aromatic N) is 3. The van der Waals surface area contributed by atoms with E-state index in [-0.39, 0.29) is 16.5 Å². The lowest BCUT2D eigenvalue weighted by Gasteiger charge is -2.36. The summed E-state index contributed by atoms with van der Waals surface area (Å²) in [6, 6.07) is -1.75. The number of urea groups is 1. The third kappa shape index (κ3) is 8.34. The first kappa shape index (κ1) is 32.2. The Morgan fingerprint density at radius 2 is 2.00 bits per heavy atom. The van der Waals surface area contributed by atoms with Crippen LogP contribution in [-0.2, 0) is 34.2 Å². The van der Waals surface area contributed by atoms with Crippen molar-refractivity contribution in [2.75, 3.05) is 12.3 Å². The molecule has 1 aliphatic heterocycles. The second kappa shape index (κ2) is 12.7. The number of carboxylic acid groups (broad SMARTS) is 1. The van der Waals surface area contributed by atoms with Gasteiger partial charge < -0.3 is 31.1 Å². The van der Waals surface area contributed by atoms with E-state index in [1.807, 2.05) is 0 Å². The van der Waals surface area contributed by atoms with E-state index in [1.54, 1.807) is 10.3 Å². The number of likely N-dealkylation sites (tertiary alicyclic amines) is 1. The molecule has 5 amide bonds. The third-order valence-corrected chi connectivity index (χ3v) is 6.69. The van der Waals surface area contributed by atoms with E-state index in [1.165, 1.54) is 23.9 Å². The summed E-state index contributed by atoms with van der Waals surface area (Å²) < 4.78 is 25.7. The molecular formula is C21H23N9O11S2. The lowest BCUT2D eigenvalue weighted by atomic mass is 10.1. The maximum absolute atomic E-state index is 12.8. The van der Waals surface area contributed by atoms with Crippen molar-refractivity contribution in [3.05, 3.63) is 45.3 Å². The minimum Gasteiger partial charge on any atom is -0.503 e. The molecule has 0 saturated carbocycles. The van der Waals surface area contributed by atoms with Crippen molar-refractivity contribution in [1.82, 2.24) is 35.2 Å². The summed E-state index contributed by atoms with van der Waals surface area (Å²) in [5.74, 6) is -5.02. The van der Waals surface area contributed by atoms with Gasteiger partial charge in [0, 0.05) is 29.4 Å². The van der Waals surface area contributed by atoms with Crippen molar-refractivity contribution < 1.29 is 47.4 Å². The quantitative estimate of drug-likeness (QED) is 0.0537. The topological polar surface area (TPSA) is 305 Å². The Bertz CT molecular complexity index is 1700. The van der Waals surface area contributed by atoms with Gasteiger partial charge in [-0.25, -0.2) is 19.3 Å². The molecule has 2 aromatic rings. The van der Waals surface area contributed by atoms with Gasteiger partial charge >= 0.3 is 22.2 Å². The highest BCUT2D eigenvalue weighted by atomic mass is 32.2. The number of hydrazine groups is 1. The monoisotopic (exact) mass is 641 g/mol. The Morgan fingerprint density at radius 3 is 2.58 bits per heavy atom. The molecule has 0 aromatic carbocycles. The van der Waals surface area contributed by atoms with Gasteiger partial charge in [0.25, 0.3) is 17.7 Å². The normalized spacial score (nSPS) is 15.5. The number of aromatic hydroxyl groups is 1. The molecule has 0 unspecified atom stereocenters. The number of nitrogen functional groups attached to an aromatic ring is 1. The van der Waals surface area contributed by atoms with Gasteiger partial charge in [-0.1, -0.05) is 5.16 Å². The summed E-state index contributed by atoms with van der Waals surface area (Å²) in [6.45, 7) is 1.86. The van der Waals surface area contributed by atoms with E-state index < -0.39 is 75.0 Å². The summed E-state index contributed by atoms with van der Waals surface area (Å²) in [5, 5.41) is 25.6. The van der Waals surface area contributed by atoms with E-state index in [4.69, 9.17) is 10.6 Å². The second-order valence-electron chi connectivity index (χ2n) is 8.87. The fraction of sp³-hybridized carbons (Fsp3) is 0.238. The summed E-state index contributed by atoms with van der Waals surface area (Å²) in [7, 11) is -4.72. The van der Waals surface area contributed by atoms with E-state index in [9.17, 15) is 47.4 Å². The number of aliphatic carboxylic acids is 1. The number of pyridine rings is 1. The number of hydrogen-bond acceptors (Lipinski definition) is 14. The van der Waals surface area contributed by atoms with E-state index >= 15 is 0 Å². The second-order valence-corrected chi connectivity index (χ2v) is 11.2. The van der Waals surface area contributed by atoms with Crippen LogP contribution in [0.1, 0.15) is 25.2 Å². The minimum absolute atomic E-state index is 0.0475. The summed E-state index contributed by atoms with van der Waals surface area (Å²) in [4.78, 5) is 85.4. The van der Waals surface area contributed by atoms with Gasteiger partial charge in [0.2, 0.25) is 11.0 Å². The van der Waals surface area contributed by atoms with Gasteiger partial charge in [-0.2, -0.15) is 8.42 Å². The summed E-state index contributed by atoms with van der Waals surface area (Å²) >= 11 is 0.939. The van der Waals surface area contributed by atoms with Crippen LogP contribution in [-0.4, -0.2) is 87.1 Å². The molecule has 1 saturated heterocycles. The molecule has 0 radical (unpaired) electrons. The van der Waals surface area contributed by atoms with E-state index in [0.29, 0.717) is 4.90 Å². The van der Waals surface area contributed by atoms with Crippen LogP contribution in [0.25, 0.3) is 6.08 Å². The van der Waals surface area contributed by atoms with Crippen LogP contribution in [0.4, 0.5) is 9.93 Å². The maximum Gasteiger partial charge on any atom is 0.350 e. The van der Waals surface area contributed by atoms with Gasteiger partial charge in [-0.05, 0) is 19.9 Å². The van der Waals surface area contributed by atoms with Gasteiger partial charge in [-0.15, -0.1) is 16.2 Å². The molecular weight excluding hydrogens is 618 g/mol. The Kier molecular flexibility index (Phi) is 9.47. The number of oxime groups is 1. The lowest BCUT2D eigenvalue weighted by Crippen LogP contribution is -2.68. The molecule has 0 bridgehead atoms. The van der Waals surface area contributed by atoms with Crippen LogP contribution < -0.4 is 31.5 Å². The fourth-order valence-electron chi connectivity index (χ4n) is 2.84. The Morgan fingerprint density at radius 1 is 1.30 bits per heavy atom. The summed E-state index contributed by atoms with van der Waals surface area (Å²) in [6.07, 6.45) is 2.89. The number of nitrogens with two attached hydrogens (primary N) is 1. The number of carboxylic acids is 1. The van der Waals surface area contributed by atoms with Crippen LogP contribution in [0.3, 0.4) is 0 Å². The van der Waals surface area contributed by atoms with Gasteiger partial charge in [-0.3, -0.25) is 29.5 Å². The zero-order valence-corrected chi connectivity index (χ0v) is 23.6. The average molecular weight is 642 g/mol. The number of aromatic nitrogens is 2. The lowest BCUT2D eigenvalue weighted by molar-refractivity contribution is -0.161. The minimum atomic E-state index is -4.72. The fourth-order valence-corrected chi connectivity index (χ4v) is 4.01. The number of carbonyl (C=O) groups excluding carboxylic acids is 4. The molecule has 230 valence electrons. The van der Waals surface area contributed by atoms with Gasteiger partial charge in [0.1, 0.15) is 11.7 Å². The van der Waals surface area contributed by atoms with Gasteiger partial charge in [0.15, 0.2) is 16.6 Å². The number of imide groups is 1. The van der Waals surface area contributed by atoms with Crippen molar-refractivity contribution in [2.24, 2.45) is 5.16 Å². The average Bonchev–Trinajstić information content (AvgIpc) is 3.35. The van der Waals surface area contributed by atoms with Crippen LogP contribution >= 0.6 is 11.3 Å². The van der Waals surface area contributed by atoms with Crippen molar-refractivity contribution >= 4 is 68.2 Å². The number of hydrogen-bond donors (Lipinski definition) is 8. The number of carbonyl (C=O) groups is 5. The molecule has 1 aliphatic rings. The highest BCUT2D eigenvalue weighted by Gasteiger charge is 2.43. The predicted molar refractivity (Wildman–Crippen MR) is 146 cm³/mol. The maximum atomic E-state index is 12.8. The van der Waals surface area contributed by atoms with Crippen LogP contribution in [0.2, 0.25) is 0 Å². The Labute approximate surface area is 244 Å². The first-order valence-electron chi connectivity index (χ1n) is 11.6. The number of thiazole rings is 1. The van der Waals surface area contributed by atoms with Crippen LogP contribution in [0.15, 0.2) is 33.7 Å². The SMILES string of the molecule is CC(C)(ON=C(C(=O)N[C@H]1CN(C(=O)NS(=O)(=O)NNC(=O)C=Cc2cc(=O)c(O)c[nH]2)C1=O)c1csc(N)n1)C(=O)O. The van der Waals surface area contributed by atoms with Crippen molar-refractivity contribution in [3.63, 3.8) is 0 Å². The molecule has 9 N–H and O–H groups in total. The van der Waals surface area contributed by atoms with Crippen LogP contribution in [0, 0.1) is 0 Å². The van der Waals surface area contributed by atoms with Crippen molar-refractivity contribution in [3.8, 4) is 5.75 Å². The molecule has 43 heavy (non-hydrogen) atoms. The number of rotatable bonds is 11. The molecule has 3 rings (SSSR count). The number of anilines is 1. The highest BCUT2D eigenvalue weighted by Crippen LogP contribution is 2.16. The molecule has 0 spiro atoms. The number of nitrogens with one attached hydrogen (secondary N) is 5. The van der Waals surface area contributed by atoms with Crippen molar-refractivity contribution in [1.29, 1.82) is 0 Å². The standard InChI is InChI=1S/C21H23N9O11S2/c1-21(2,18(36)37)41-27-15(11-8-42-19(22)25-11)16(34)24-10-7-30(17(10)35)20(38)28-43(39,40)29-26-14(33)4-3-9-5-12(31)13(32)6-23-9/h3-6,8,10,29,32H,7H2,1-2H3,(H2,22,25)(H,23,31)(H,24,34)(H,26,33)(H,28,38)(H,36,37)/t10-/m0/s1. The summed E-state index contributed by atoms with van der Waals surface area (Å²) in [5.41, 5.74) is 4.26. The number of aromatic amines is 1. The molecule has 0 aliphatic carbocycles. The highest BCUT2D eigenvalue weighted by molar-refractivity contribution is 7.88. The Balaban J connectivity index is 1.55. The molecule has 2 aromatic heterocycles. The van der Waals surface area contributed by atoms with E-state index in [2.05, 4.69) is 20.4 Å².